The molecule has 0 fully saturated rings. The van der Waals surface area contributed by atoms with Gasteiger partial charge in [-0.1, -0.05) is 40.0 Å². The van der Waals surface area contributed by atoms with Crippen LogP contribution in [-0.2, 0) is 13.0 Å². The van der Waals surface area contributed by atoms with Crippen LogP contribution in [0.4, 0.5) is 0 Å². The second-order valence-electron chi connectivity index (χ2n) is 6.25. The third-order valence-electron chi connectivity index (χ3n) is 4.48. The Labute approximate surface area is 131 Å². The fourth-order valence-electron chi connectivity index (χ4n) is 2.95. The van der Waals surface area contributed by atoms with Crippen LogP contribution < -0.4 is 5.32 Å². The summed E-state index contributed by atoms with van der Waals surface area (Å²) in [7, 11) is 0. The van der Waals surface area contributed by atoms with Gasteiger partial charge in [0, 0.05) is 12.2 Å². The molecule has 0 aliphatic carbocycles. The molecule has 0 aromatic carbocycles. The standard InChI is InChI=1S/C18H35N3/c1-6-9-10-17(8-3)14-21-16(5)18(15(4)20-21)11-13-19-12-7-2/h17,19H,6-14H2,1-5H3. The first-order chi connectivity index (χ1) is 10.1. The third kappa shape index (κ3) is 5.82. The Morgan fingerprint density at radius 1 is 1.10 bits per heavy atom. The van der Waals surface area contributed by atoms with Crippen molar-refractivity contribution in [2.45, 2.75) is 79.7 Å². The molecule has 0 radical (unpaired) electrons. The lowest BCUT2D eigenvalue weighted by Gasteiger charge is -2.15. The van der Waals surface area contributed by atoms with Crippen molar-refractivity contribution < 1.29 is 0 Å². The van der Waals surface area contributed by atoms with Crippen LogP contribution >= 0.6 is 0 Å². The number of aryl methyl sites for hydroxylation is 1. The molecule has 0 saturated heterocycles. The Kier molecular flexibility index (Phi) is 8.67. The Bertz CT molecular complexity index is 395. The van der Waals surface area contributed by atoms with Crippen LogP contribution in [-0.4, -0.2) is 22.9 Å². The highest BCUT2D eigenvalue weighted by Gasteiger charge is 2.14. The lowest BCUT2D eigenvalue weighted by atomic mass is 9.99. The second kappa shape index (κ2) is 9.99. The van der Waals surface area contributed by atoms with Crippen molar-refractivity contribution in [2.75, 3.05) is 13.1 Å². The number of nitrogens with one attached hydrogen (secondary N) is 1. The minimum atomic E-state index is 0.772. The van der Waals surface area contributed by atoms with Crippen LogP contribution in [0.3, 0.4) is 0 Å². The minimum Gasteiger partial charge on any atom is -0.316 e. The van der Waals surface area contributed by atoms with Gasteiger partial charge in [0.05, 0.1) is 5.69 Å². The van der Waals surface area contributed by atoms with E-state index in [1.54, 1.807) is 0 Å². The van der Waals surface area contributed by atoms with E-state index in [1.807, 2.05) is 0 Å². The van der Waals surface area contributed by atoms with Gasteiger partial charge in [-0.05, 0) is 57.7 Å². The van der Waals surface area contributed by atoms with Crippen molar-refractivity contribution in [3.8, 4) is 0 Å². The van der Waals surface area contributed by atoms with Gasteiger partial charge in [0.25, 0.3) is 0 Å². The van der Waals surface area contributed by atoms with Crippen molar-refractivity contribution in [3.05, 3.63) is 17.0 Å². The van der Waals surface area contributed by atoms with Gasteiger partial charge in [0.15, 0.2) is 0 Å². The summed E-state index contributed by atoms with van der Waals surface area (Å²) in [4.78, 5) is 0. The summed E-state index contributed by atoms with van der Waals surface area (Å²) in [6.07, 6.45) is 7.52. The summed E-state index contributed by atoms with van der Waals surface area (Å²) < 4.78 is 2.26. The maximum Gasteiger partial charge on any atom is 0.0628 e. The van der Waals surface area contributed by atoms with Crippen molar-refractivity contribution in [1.29, 1.82) is 0 Å². The first-order valence-electron chi connectivity index (χ1n) is 8.87. The quantitative estimate of drug-likeness (QED) is 0.618. The number of hydrogen-bond acceptors (Lipinski definition) is 2. The maximum absolute atomic E-state index is 4.79. The molecule has 0 amide bonds. The summed E-state index contributed by atoms with van der Waals surface area (Å²) in [6, 6.07) is 0. The van der Waals surface area contributed by atoms with Crippen molar-refractivity contribution >= 4 is 0 Å². The van der Waals surface area contributed by atoms with Crippen LogP contribution in [0.2, 0.25) is 0 Å². The van der Waals surface area contributed by atoms with E-state index in [4.69, 9.17) is 5.10 Å². The number of hydrogen-bond donors (Lipinski definition) is 1. The fourth-order valence-corrected chi connectivity index (χ4v) is 2.95. The Hall–Kier alpha value is -0.830. The fraction of sp³-hybridized carbons (Fsp3) is 0.833. The monoisotopic (exact) mass is 293 g/mol. The van der Waals surface area contributed by atoms with Gasteiger partial charge in [-0.2, -0.15) is 5.10 Å². The summed E-state index contributed by atoms with van der Waals surface area (Å²) in [5, 5.41) is 8.28. The molecule has 0 spiro atoms. The predicted molar refractivity (Wildman–Crippen MR) is 91.9 cm³/mol. The minimum absolute atomic E-state index is 0.772. The Morgan fingerprint density at radius 2 is 1.86 bits per heavy atom. The van der Waals surface area contributed by atoms with E-state index in [2.05, 4.69) is 44.6 Å². The zero-order chi connectivity index (χ0) is 15.7. The molecule has 1 heterocycles. The SMILES string of the molecule is CCCCC(CC)Cn1nc(C)c(CCNCCC)c1C. The van der Waals surface area contributed by atoms with Crippen LogP contribution in [0.15, 0.2) is 0 Å². The summed E-state index contributed by atoms with van der Waals surface area (Å²) >= 11 is 0. The molecule has 3 heteroatoms. The van der Waals surface area contributed by atoms with Crippen LogP contribution in [0.1, 0.15) is 69.8 Å². The normalized spacial score (nSPS) is 12.8. The molecule has 0 saturated carbocycles. The number of rotatable bonds is 11. The molecule has 1 aromatic rings. The van der Waals surface area contributed by atoms with E-state index >= 15 is 0 Å². The second-order valence-corrected chi connectivity index (χ2v) is 6.25. The predicted octanol–water partition coefficient (Wildman–Crippen LogP) is 4.26. The highest BCUT2D eigenvalue weighted by Crippen LogP contribution is 2.19. The van der Waals surface area contributed by atoms with Gasteiger partial charge in [-0.3, -0.25) is 4.68 Å². The molecular formula is C18H35N3. The average Bonchev–Trinajstić information content (AvgIpc) is 2.74. The number of aromatic nitrogens is 2. The molecular weight excluding hydrogens is 258 g/mol. The van der Waals surface area contributed by atoms with E-state index in [0.717, 1.165) is 32.0 Å². The molecule has 1 aromatic heterocycles. The van der Waals surface area contributed by atoms with Gasteiger partial charge < -0.3 is 5.32 Å². The van der Waals surface area contributed by atoms with Gasteiger partial charge in [-0.25, -0.2) is 0 Å². The van der Waals surface area contributed by atoms with Crippen LogP contribution in [0, 0.1) is 19.8 Å². The molecule has 1 rings (SSSR count). The Morgan fingerprint density at radius 3 is 2.48 bits per heavy atom. The van der Waals surface area contributed by atoms with Gasteiger partial charge in [0.1, 0.15) is 0 Å². The van der Waals surface area contributed by atoms with Crippen molar-refractivity contribution in [2.24, 2.45) is 5.92 Å². The zero-order valence-electron chi connectivity index (χ0n) is 14.8. The average molecular weight is 293 g/mol. The zero-order valence-corrected chi connectivity index (χ0v) is 14.8. The lowest BCUT2D eigenvalue weighted by molar-refractivity contribution is 0.367. The molecule has 1 unspecified atom stereocenters. The van der Waals surface area contributed by atoms with E-state index in [1.165, 1.54) is 49.1 Å². The van der Waals surface area contributed by atoms with Crippen LogP contribution in [0.25, 0.3) is 0 Å². The van der Waals surface area contributed by atoms with Gasteiger partial charge in [0.2, 0.25) is 0 Å². The third-order valence-corrected chi connectivity index (χ3v) is 4.48. The highest BCUT2D eigenvalue weighted by atomic mass is 15.3. The number of nitrogens with zero attached hydrogens (tertiary/aromatic N) is 2. The maximum atomic E-state index is 4.79. The number of unbranched alkanes of at least 4 members (excludes halogenated alkanes) is 1. The molecule has 122 valence electrons. The molecule has 1 atom stereocenters. The van der Waals surface area contributed by atoms with E-state index in [-0.39, 0.29) is 0 Å². The van der Waals surface area contributed by atoms with Crippen molar-refractivity contribution in [3.63, 3.8) is 0 Å². The topological polar surface area (TPSA) is 29.9 Å². The van der Waals surface area contributed by atoms with E-state index in [9.17, 15) is 0 Å². The molecule has 1 N–H and O–H groups in total. The molecule has 0 aliphatic rings. The van der Waals surface area contributed by atoms with Gasteiger partial charge >= 0.3 is 0 Å². The van der Waals surface area contributed by atoms with E-state index in [0.29, 0.717) is 0 Å². The van der Waals surface area contributed by atoms with Gasteiger partial charge in [-0.15, -0.1) is 0 Å². The summed E-state index contributed by atoms with van der Waals surface area (Å²) in [5.74, 6) is 0.772. The highest BCUT2D eigenvalue weighted by molar-refractivity contribution is 5.24. The molecule has 21 heavy (non-hydrogen) atoms. The molecule has 0 aliphatic heterocycles. The first kappa shape index (κ1) is 18.2. The largest absolute Gasteiger partial charge is 0.316 e. The summed E-state index contributed by atoms with van der Waals surface area (Å²) in [5.41, 5.74) is 4.04. The first-order valence-corrected chi connectivity index (χ1v) is 8.87. The summed E-state index contributed by atoms with van der Waals surface area (Å²) in [6.45, 7) is 14.5. The molecule has 3 nitrogen and oxygen atoms in total. The smallest absolute Gasteiger partial charge is 0.0628 e. The lowest BCUT2D eigenvalue weighted by Crippen LogP contribution is -2.18. The van der Waals surface area contributed by atoms with Crippen molar-refractivity contribution in [1.82, 2.24) is 15.1 Å². The Balaban J connectivity index is 2.62. The molecule has 0 bridgehead atoms. The van der Waals surface area contributed by atoms with Crippen LogP contribution in [0.5, 0.6) is 0 Å². The van der Waals surface area contributed by atoms with E-state index < -0.39 is 0 Å².